The minimum atomic E-state index is 0.0297. The molecule has 0 radical (unpaired) electrons. The summed E-state index contributed by atoms with van der Waals surface area (Å²) in [6.07, 6.45) is 11.7. The minimum absolute atomic E-state index is 0.0297. The van der Waals surface area contributed by atoms with Crippen molar-refractivity contribution in [1.29, 1.82) is 0 Å². The Hall–Kier alpha value is -1.56. The van der Waals surface area contributed by atoms with Crippen LogP contribution in [0.5, 0.6) is 0 Å². The third-order valence-electron chi connectivity index (χ3n) is 7.70. The fourth-order valence-corrected chi connectivity index (χ4v) is 6.81. The summed E-state index contributed by atoms with van der Waals surface area (Å²) in [5, 5.41) is 3.03. The van der Waals surface area contributed by atoms with Crippen molar-refractivity contribution in [1.82, 2.24) is 4.98 Å². The van der Waals surface area contributed by atoms with Gasteiger partial charge in [-0.1, -0.05) is 25.7 Å². The van der Waals surface area contributed by atoms with E-state index in [1.807, 2.05) is 12.1 Å². The van der Waals surface area contributed by atoms with E-state index in [1.54, 1.807) is 18.0 Å². The number of aromatic nitrogens is 1. The number of ether oxygens (including phenoxy) is 1. The Morgan fingerprint density at radius 3 is 2.30 bits per heavy atom. The Morgan fingerprint density at radius 1 is 1.00 bits per heavy atom. The van der Waals surface area contributed by atoms with Crippen LogP contribution in [-0.4, -0.2) is 29.2 Å². The predicted octanol–water partition coefficient (Wildman–Crippen LogP) is 4.67. The van der Waals surface area contributed by atoms with E-state index < -0.39 is 0 Å². The maximum Gasteiger partial charge on any atom is 0.309 e. The van der Waals surface area contributed by atoms with Crippen LogP contribution in [0.4, 0.5) is 5.82 Å². The number of hydrogen-bond donors (Lipinski definition) is 1. The van der Waals surface area contributed by atoms with Gasteiger partial charge in [-0.25, -0.2) is 4.98 Å². The molecule has 4 aliphatic carbocycles. The molecule has 0 saturated heterocycles. The van der Waals surface area contributed by atoms with E-state index >= 15 is 0 Å². The van der Waals surface area contributed by atoms with Crippen molar-refractivity contribution in [2.45, 2.75) is 57.1 Å². The Morgan fingerprint density at radius 2 is 1.63 bits per heavy atom. The van der Waals surface area contributed by atoms with Crippen molar-refractivity contribution < 1.29 is 14.3 Å². The SMILES string of the molecule is O=C(OCCSCc1ccnc(NC(=O)C2[C@@H]3CCCC[C@@H]23)c1)C1[C@H]2CCCC[C@@H]12. The Kier molecular flexibility index (Phi) is 6.03. The third-order valence-corrected chi connectivity index (χ3v) is 8.70. The van der Waals surface area contributed by atoms with Crippen LogP contribution in [0.1, 0.15) is 56.9 Å². The first-order valence-corrected chi connectivity index (χ1v) is 12.9. The average Bonchev–Trinajstić information content (AvgIpc) is 3.66. The second-order valence-electron chi connectivity index (χ2n) is 9.53. The molecule has 162 valence electrons. The van der Waals surface area contributed by atoms with Gasteiger partial charge in [-0.3, -0.25) is 9.59 Å². The number of pyridine rings is 1. The van der Waals surface area contributed by atoms with Gasteiger partial charge in [0.25, 0.3) is 0 Å². The number of carbonyl (C=O) groups is 2. The number of anilines is 1. The minimum Gasteiger partial charge on any atom is -0.465 e. The van der Waals surface area contributed by atoms with Gasteiger partial charge >= 0.3 is 5.97 Å². The quantitative estimate of drug-likeness (QED) is 0.481. The summed E-state index contributed by atoms with van der Waals surface area (Å²) in [6.45, 7) is 0.485. The first kappa shape index (κ1) is 20.3. The number of fused-ring (bicyclic) bond motifs is 2. The van der Waals surface area contributed by atoms with Crippen molar-refractivity contribution in [3.63, 3.8) is 0 Å². The third kappa shape index (κ3) is 4.39. The zero-order valence-corrected chi connectivity index (χ0v) is 18.4. The summed E-state index contributed by atoms with van der Waals surface area (Å²) in [5.41, 5.74) is 1.14. The molecule has 0 aromatic carbocycles. The van der Waals surface area contributed by atoms with Gasteiger partial charge in [0.15, 0.2) is 0 Å². The second kappa shape index (κ2) is 8.89. The molecule has 4 aliphatic rings. The normalized spacial score (nSPS) is 33.7. The van der Waals surface area contributed by atoms with Gasteiger partial charge < -0.3 is 10.1 Å². The molecule has 1 heterocycles. The van der Waals surface area contributed by atoms with E-state index in [0.29, 0.717) is 36.1 Å². The molecule has 0 aliphatic heterocycles. The Bertz CT molecular complexity index is 776. The number of nitrogens with one attached hydrogen (secondary N) is 1. The number of hydrogen-bond acceptors (Lipinski definition) is 5. The van der Waals surface area contributed by atoms with E-state index in [1.165, 1.54) is 51.4 Å². The standard InChI is InChI=1S/C24H32N2O3S/c27-23(21-16-5-1-2-6-17(16)21)26-20-13-15(9-10-25-20)14-30-12-11-29-24(28)22-18-7-3-4-8-19(18)22/h9-10,13,16-19,21-22H,1-8,11-12,14H2,(H,25,26,27)/t16-,17-,18-,19+,22?/m1/s1. The molecular weight excluding hydrogens is 396 g/mol. The molecule has 4 fully saturated rings. The van der Waals surface area contributed by atoms with Gasteiger partial charge in [-0.2, -0.15) is 11.8 Å². The predicted molar refractivity (Wildman–Crippen MR) is 118 cm³/mol. The summed E-state index contributed by atoms with van der Waals surface area (Å²) in [4.78, 5) is 29.1. The summed E-state index contributed by atoms with van der Waals surface area (Å²) in [6, 6.07) is 3.96. The van der Waals surface area contributed by atoms with Crippen molar-refractivity contribution in [3.05, 3.63) is 23.9 Å². The van der Waals surface area contributed by atoms with Gasteiger partial charge in [0.1, 0.15) is 12.4 Å². The molecule has 1 amide bonds. The van der Waals surface area contributed by atoms with Crippen molar-refractivity contribution in [3.8, 4) is 0 Å². The monoisotopic (exact) mass is 428 g/mol. The summed E-state index contributed by atoms with van der Waals surface area (Å²) >= 11 is 1.75. The number of thioether (sulfide) groups is 1. The molecule has 0 spiro atoms. The average molecular weight is 429 g/mol. The number of carbonyl (C=O) groups excluding carboxylic acids is 2. The summed E-state index contributed by atoms with van der Waals surface area (Å²) in [5.74, 6) is 5.31. The molecule has 5 atom stereocenters. The highest BCUT2D eigenvalue weighted by Gasteiger charge is 2.56. The molecule has 1 N–H and O–H groups in total. The van der Waals surface area contributed by atoms with Crippen LogP contribution in [0, 0.1) is 35.5 Å². The van der Waals surface area contributed by atoms with Gasteiger partial charge in [-0.15, -0.1) is 0 Å². The van der Waals surface area contributed by atoms with Crippen molar-refractivity contribution in [2.24, 2.45) is 35.5 Å². The van der Waals surface area contributed by atoms with Crippen LogP contribution in [0.15, 0.2) is 18.3 Å². The number of esters is 1. The van der Waals surface area contributed by atoms with E-state index in [9.17, 15) is 9.59 Å². The lowest BCUT2D eigenvalue weighted by molar-refractivity contribution is -0.145. The second-order valence-corrected chi connectivity index (χ2v) is 10.6. The fraction of sp³-hybridized carbons (Fsp3) is 0.708. The van der Waals surface area contributed by atoms with Crippen LogP contribution in [0.2, 0.25) is 0 Å². The summed E-state index contributed by atoms with van der Waals surface area (Å²) < 4.78 is 5.52. The highest BCUT2D eigenvalue weighted by molar-refractivity contribution is 7.98. The smallest absolute Gasteiger partial charge is 0.309 e. The number of amides is 1. The first-order chi connectivity index (χ1) is 14.7. The fourth-order valence-electron chi connectivity index (χ4n) is 6.05. The maximum absolute atomic E-state index is 12.6. The lowest BCUT2D eigenvalue weighted by atomic mass is 10.0. The van der Waals surface area contributed by atoms with E-state index in [0.717, 1.165) is 17.1 Å². The van der Waals surface area contributed by atoms with Crippen molar-refractivity contribution in [2.75, 3.05) is 17.7 Å². The maximum atomic E-state index is 12.6. The highest BCUT2D eigenvalue weighted by Crippen LogP contribution is 2.56. The van der Waals surface area contributed by atoms with E-state index in [-0.39, 0.29) is 23.7 Å². The van der Waals surface area contributed by atoms with Gasteiger partial charge in [0.05, 0.1) is 5.92 Å². The Labute approximate surface area is 183 Å². The van der Waals surface area contributed by atoms with Gasteiger partial charge in [0.2, 0.25) is 5.91 Å². The van der Waals surface area contributed by atoms with Gasteiger partial charge in [-0.05, 0) is 67.1 Å². The van der Waals surface area contributed by atoms with Crippen LogP contribution in [0.3, 0.4) is 0 Å². The molecule has 5 nitrogen and oxygen atoms in total. The zero-order chi connectivity index (χ0) is 20.5. The molecule has 30 heavy (non-hydrogen) atoms. The number of nitrogens with zero attached hydrogens (tertiary/aromatic N) is 1. The molecule has 6 heteroatoms. The Balaban J connectivity index is 1.01. The molecule has 1 aromatic rings. The van der Waals surface area contributed by atoms with E-state index in [4.69, 9.17) is 4.74 Å². The lowest BCUT2D eigenvalue weighted by Gasteiger charge is -2.07. The van der Waals surface area contributed by atoms with E-state index in [2.05, 4.69) is 10.3 Å². The highest BCUT2D eigenvalue weighted by atomic mass is 32.2. The van der Waals surface area contributed by atoms with Gasteiger partial charge in [0, 0.05) is 23.6 Å². The van der Waals surface area contributed by atoms with Crippen LogP contribution < -0.4 is 5.32 Å². The van der Waals surface area contributed by atoms with Crippen LogP contribution >= 0.6 is 11.8 Å². The zero-order valence-electron chi connectivity index (χ0n) is 17.6. The summed E-state index contributed by atoms with van der Waals surface area (Å²) in [7, 11) is 0. The van der Waals surface area contributed by atoms with Crippen LogP contribution in [0.25, 0.3) is 0 Å². The molecule has 1 aromatic heterocycles. The molecule has 0 bridgehead atoms. The largest absolute Gasteiger partial charge is 0.465 e. The topological polar surface area (TPSA) is 68.3 Å². The van der Waals surface area contributed by atoms with Crippen LogP contribution in [-0.2, 0) is 20.1 Å². The molecule has 1 unspecified atom stereocenters. The first-order valence-electron chi connectivity index (χ1n) is 11.7. The lowest BCUT2D eigenvalue weighted by Crippen LogP contribution is -2.16. The van der Waals surface area contributed by atoms with Crippen molar-refractivity contribution >= 4 is 29.5 Å². The molecule has 5 rings (SSSR count). The molecular formula is C24H32N2O3S. The number of rotatable bonds is 8. The molecule has 4 saturated carbocycles.